The number of benzene rings is 2. The lowest BCUT2D eigenvalue weighted by atomic mass is 9.93. The SMILES string of the molecule is CC(C)CC(NC(=O)[C@H](CCc1ccccc1)NC(=O)CCCN1CCCCC1)C(=O)N[C@@H](Cc1ccccc1)C(=O)NC(CC(C)C)C(=O)C1(C)CO1. The Morgan fingerprint density at radius 3 is 1.80 bits per heavy atom. The quantitative estimate of drug-likeness (QED) is 0.130. The minimum atomic E-state index is -1.02. The van der Waals surface area contributed by atoms with Gasteiger partial charge in [-0.3, -0.25) is 24.0 Å². The van der Waals surface area contributed by atoms with Crippen molar-refractivity contribution in [2.45, 2.75) is 129 Å². The Kier molecular flexibility index (Phi) is 16.7. The lowest BCUT2D eigenvalue weighted by Gasteiger charge is -2.28. The van der Waals surface area contributed by atoms with Crippen LogP contribution < -0.4 is 21.3 Å². The van der Waals surface area contributed by atoms with Crippen molar-refractivity contribution in [1.29, 1.82) is 0 Å². The van der Waals surface area contributed by atoms with Gasteiger partial charge in [-0.25, -0.2) is 0 Å². The summed E-state index contributed by atoms with van der Waals surface area (Å²) in [5.74, 6) is -1.66. The molecule has 54 heavy (non-hydrogen) atoms. The molecule has 2 saturated heterocycles. The van der Waals surface area contributed by atoms with Gasteiger partial charge in [0.25, 0.3) is 0 Å². The zero-order valence-electron chi connectivity index (χ0n) is 33.0. The molecule has 0 saturated carbocycles. The van der Waals surface area contributed by atoms with E-state index in [1.807, 2.05) is 88.4 Å². The number of carbonyl (C=O) groups excluding carboxylic acids is 5. The second-order valence-electron chi connectivity index (χ2n) is 16.2. The molecular weight excluding hydrogens is 683 g/mol. The first kappa shape index (κ1) is 42.6. The molecule has 0 bridgehead atoms. The predicted molar refractivity (Wildman–Crippen MR) is 210 cm³/mol. The van der Waals surface area contributed by atoms with Crippen molar-refractivity contribution in [3.63, 3.8) is 0 Å². The normalized spacial score (nSPS) is 19.3. The fourth-order valence-electron chi connectivity index (χ4n) is 7.04. The molecule has 0 spiro atoms. The van der Waals surface area contributed by atoms with E-state index in [0.29, 0.717) is 45.1 Å². The van der Waals surface area contributed by atoms with Gasteiger partial charge in [-0.2, -0.15) is 0 Å². The van der Waals surface area contributed by atoms with E-state index in [4.69, 9.17) is 4.74 Å². The summed E-state index contributed by atoms with van der Waals surface area (Å²) in [4.78, 5) is 71.1. The Morgan fingerprint density at radius 1 is 0.685 bits per heavy atom. The van der Waals surface area contributed by atoms with Crippen LogP contribution in [0.4, 0.5) is 0 Å². The number of ether oxygens (including phenoxy) is 1. The average Bonchev–Trinajstić information content (AvgIpc) is 3.91. The number of Topliss-reactive ketones (excluding diaryl/α,β-unsaturated/α-hetero) is 1. The highest BCUT2D eigenvalue weighted by molar-refractivity contribution is 5.98. The Balaban J connectivity index is 1.48. The smallest absolute Gasteiger partial charge is 0.243 e. The minimum Gasteiger partial charge on any atom is -0.361 e. The second kappa shape index (κ2) is 21.1. The van der Waals surface area contributed by atoms with E-state index in [1.54, 1.807) is 6.92 Å². The number of amides is 4. The Bertz CT molecular complexity index is 1510. The minimum absolute atomic E-state index is 0.0296. The van der Waals surface area contributed by atoms with E-state index in [-0.39, 0.29) is 29.9 Å². The molecule has 4 N–H and O–H groups in total. The van der Waals surface area contributed by atoms with E-state index in [2.05, 4.69) is 26.2 Å². The first-order valence-corrected chi connectivity index (χ1v) is 20.0. The Morgan fingerprint density at radius 2 is 1.20 bits per heavy atom. The van der Waals surface area contributed by atoms with E-state index >= 15 is 0 Å². The van der Waals surface area contributed by atoms with Crippen LogP contribution in [-0.2, 0) is 41.6 Å². The zero-order chi connectivity index (χ0) is 39.1. The number of rotatable bonds is 22. The lowest BCUT2D eigenvalue weighted by molar-refractivity contribution is -0.135. The molecule has 2 heterocycles. The van der Waals surface area contributed by atoms with Crippen LogP contribution in [0, 0.1) is 11.8 Å². The van der Waals surface area contributed by atoms with Crippen LogP contribution >= 0.6 is 0 Å². The van der Waals surface area contributed by atoms with Gasteiger partial charge in [-0.05, 0) is 94.5 Å². The second-order valence-corrected chi connectivity index (χ2v) is 16.2. The number of likely N-dealkylation sites (tertiary alicyclic amines) is 1. The van der Waals surface area contributed by atoms with Crippen molar-refractivity contribution in [2.75, 3.05) is 26.2 Å². The van der Waals surface area contributed by atoms with Crippen molar-refractivity contribution < 1.29 is 28.7 Å². The number of hydrogen-bond donors (Lipinski definition) is 4. The summed E-state index contributed by atoms with van der Waals surface area (Å²) in [6.07, 6.45) is 6.48. The molecule has 3 unspecified atom stereocenters. The molecule has 11 heteroatoms. The molecule has 5 atom stereocenters. The highest BCUT2D eigenvalue weighted by Crippen LogP contribution is 2.29. The van der Waals surface area contributed by atoms with Gasteiger partial charge >= 0.3 is 0 Å². The molecule has 0 radical (unpaired) electrons. The monoisotopic (exact) mass is 745 g/mol. The van der Waals surface area contributed by atoms with Gasteiger partial charge in [0.05, 0.1) is 12.6 Å². The van der Waals surface area contributed by atoms with Crippen LogP contribution in [0.15, 0.2) is 60.7 Å². The fourth-order valence-corrected chi connectivity index (χ4v) is 7.04. The number of epoxide rings is 1. The molecule has 11 nitrogen and oxygen atoms in total. The van der Waals surface area contributed by atoms with Gasteiger partial charge in [0.2, 0.25) is 23.6 Å². The number of ketones is 1. The third-order valence-corrected chi connectivity index (χ3v) is 10.2. The maximum absolute atomic E-state index is 14.1. The molecule has 2 fully saturated rings. The average molecular weight is 746 g/mol. The van der Waals surface area contributed by atoms with Gasteiger partial charge in [-0.1, -0.05) is 94.8 Å². The molecule has 2 aliphatic heterocycles. The first-order chi connectivity index (χ1) is 25.8. The Labute approximate surface area is 322 Å². The number of nitrogens with one attached hydrogen (secondary N) is 4. The summed E-state index contributed by atoms with van der Waals surface area (Å²) in [7, 11) is 0. The lowest BCUT2D eigenvalue weighted by Crippen LogP contribution is -2.59. The van der Waals surface area contributed by atoms with Crippen LogP contribution in [0.3, 0.4) is 0 Å². The molecule has 4 amide bonds. The summed E-state index contributed by atoms with van der Waals surface area (Å²) in [6.45, 7) is 12.9. The van der Waals surface area contributed by atoms with Crippen molar-refractivity contribution in [2.24, 2.45) is 11.8 Å². The van der Waals surface area contributed by atoms with Gasteiger partial charge in [0, 0.05) is 12.8 Å². The van der Waals surface area contributed by atoms with E-state index in [1.165, 1.54) is 19.3 Å². The zero-order valence-corrected chi connectivity index (χ0v) is 33.0. The van der Waals surface area contributed by atoms with E-state index in [9.17, 15) is 24.0 Å². The molecule has 2 aromatic rings. The standard InChI is InChI=1S/C43H63N5O6/c1-30(2)26-35(39(50)43(5)29-54-43)45-42(53)37(28-33-18-11-7-12-19-33)47-41(52)36(27-31(3)4)46-40(51)34(22-21-32-16-9-6-10-17-32)44-38(49)20-15-25-48-23-13-8-14-24-48/h6-7,9-12,16-19,30-31,34-37H,8,13-15,20-29H2,1-5H3,(H,44,49)(H,45,53)(H,46,51)(H,47,52)/t34-,35?,36?,37-,43?/m0/s1. The molecule has 2 aliphatic rings. The Hall–Kier alpha value is -4.09. The number of nitrogens with zero attached hydrogens (tertiary/aromatic N) is 1. The third-order valence-electron chi connectivity index (χ3n) is 10.2. The van der Waals surface area contributed by atoms with Crippen LogP contribution in [-0.4, -0.2) is 90.3 Å². The molecule has 0 aromatic heterocycles. The number of aryl methyl sites for hydroxylation is 1. The summed E-state index contributed by atoms with van der Waals surface area (Å²) in [6, 6.07) is 15.5. The van der Waals surface area contributed by atoms with Gasteiger partial charge in [0.15, 0.2) is 5.78 Å². The first-order valence-electron chi connectivity index (χ1n) is 20.0. The highest BCUT2D eigenvalue weighted by Gasteiger charge is 2.50. The number of carbonyl (C=O) groups is 5. The third kappa shape index (κ3) is 14.3. The summed E-state index contributed by atoms with van der Waals surface area (Å²) in [5.41, 5.74) is 0.949. The summed E-state index contributed by atoms with van der Waals surface area (Å²) < 4.78 is 5.42. The topological polar surface area (TPSA) is 149 Å². The van der Waals surface area contributed by atoms with Crippen LogP contribution in [0.5, 0.6) is 0 Å². The van der Waals surface area contributed by atoms with Crippen molar-refractivity contribution >= 4 is 29.4 Å². The summed E-state index contributed by atoms with van der Waals surface area (Å²) >= 11 is 0. The van der Waals surface area contributed by atoms with E-state index < -0.39 is 47.5 Å². The molecule has 296 valence electrons. The van der Waals surface area contributed by atoms with Gasteiger partial charge < -0.3 is 30.9 Å². The maximum Gasteiger partial charge on any atom is 0.243 e. The molecule has 0 aliphatic carbocycles. The van der Waals surface area contributed by atoms with Crippen LogP contribution in [0.2, 0.25) is 0 Å². The van der Waals surface area contributed by atoms with Crippen LogP contribution in [0.1, 0.15) is 97.1 Å². The van der Waals surface area contributed by atoms with Crippen molar-refractivity contribution in [3.8, 4) is 0 Å². The van der Waals surface area contributed by atoms with Crippen molar-refractivity contribution in [1.82, 2.24) is 26.2 Å². The molecule has 4 rings (SSSR count). The number of piperidine rings is 1. The summed E-state index contributed by atoms with van der Waals surface area (Å²) in [5, 5.41) is 11.8. The predicted octanol–water partition coefficient (Wildman–Crippen LogP) is 4.52. The van der Waals surface area contributed by atoms with Crippen LogP contribution in [0.25, 0.3) is 0 Å². The molecule has 2 aromatic carbocycles. The van der Waals surface area contributed by atoms with E-state index in [0.717, 1.165) is 30.8 Å². The maximum atomic E-state index is 14.1. The molecular formula is C43H63N5O6. The van der Waals surface area contributed by atoms with Gasteiger partial charge in [0.1, 0.15) is 23.7 Å². The highest BCUT2D eigenvalue weighted by atomic mass is 16.6. The van der Waals surface area contributed by atoms with Crippen molar-refractivity contribution in [3.05, 3.63) is 71.8 Å². The fraction of sp³-hybridized carbons (Fsp3) is 0.605. The van der Waals surface area contributed by atoms with Gasteiger partial charge in [-0.15, -0.1) is 0 Å². The number of hydrogen-bond acceptors (Lipinski definition) is 7. The largest absolute Gasteiger partial charge is 0.361 e.